The molecule has 2 aromatic heterocycles. The maximum absolute atomic E-state index is 10.3. The molecule has 24 heavy (non-hydrogen) atoms. The lowest BCUT2D eigenvalue weighted by molar-refractivity contribution is 0.362. The van der Waals surface area contributed by atoms with Crippen LogP contribution in [0.2, 0.25) is 0 Å². The molecule has 3 rings (SSSR count). The molecule has 0 saturated carbocycles. The molecule has 0 amide bonds. The first-order valence-electron chi connectivity index (χ1n) is 7.66. The Kier molecular flexibility index (Phi) is 3.79. The minimum absolute atomic E-state index is 0.105. The number of phenolic OH excluding ortho intramolecular Hbond substituents is 1. The van der Waals surface area contributed by atoms with Crippen LogP contribution in [-0.4, -0.2) is 32.0 Å². The van der Waals surface area contributed by atoms with Crippen molar-refractivity contribution in [2.24, 2.45) is 0 Å². The number of aromatic hydroxyl groups is 1. The van der Waals surface area contributed by atoms with Crippen molar-refractivity contribution in [3.63, 3.8) is 0 Å². The zero-order chi connectivity index (χ0) is 17.5. The number of aromatic nitrogens is 4. The Bertz CT molecular complexity index is 896. The van der Waals surface area contributed by atoms with Crippen LogP contribution in [0.4, 0.5) is 5.82 Å². The van der Waals surface area contributed by atoms with E-state index in [0.717, 1.165) is 11.1 Å². The van der Waals surface area contributed by atoms with Gasteiger partial charge in [0.1, 0.15) is 12.1 Å². The maximum atomic E-state index is 10.3. The van der Waals surface area contributed by atoms with Crippen molar-refractivity contribution in [1.29, 1.82) is 0 Å². The number of rotatable bonds is 3. The van der Waals surface area contributed by atoms with Gasteiger partial charge in [-0.25, -0.2) is 14.6 Å². The fourth-order valence-electron chi connectivity index (χ4n) is 2.69. The Hall–Kier alpha value is -2.83. The Morgan fingerprint density at radius 2 is 2.00 bits per heavy atom. The van der Waals surface area contributed by atoms with Crippen LogP contribution < -0.4 is 10.5 Å². The van der Waals surface area contributed by atoms with Crippen LogP contribution in [0, 0.1) is 0 Å². The minimum atomic E-state index is -0.256. The van der Waals surface area contributed by atoms with E-state index < -0.39 is 0 Å². The summed E-state index contributed by atoms with van der Waals surface area (Å²) in [7, 11) is 1.52. The summed E-state index contributed by atoms with van der Waals surface area (Å²) < 4.78 is 7.01. The standard InChI is InChI=1S/C17H21N5O2/c1-17(2,3)22-16-13(15(18)19-9-20-16)11(21-22)8-10-6-5-7-12(24-4)14(10)23/h5-7,9,23H,8H2,1-4H3,(H2,18,19,20). The first kappa shape index (κ1) is 16.0. The highest BCUT2D eigenvalue weighted by Gasteiger charge is 2.23. The Labute approximate surface area is 140 Å². The number of methoxy groups -OCH3 is 1. The van der Waals surface area contributed by atoms with Crippen molar-refractivity contribution in [3.8, 4) is 11.5 Å². The zero-order valence-electron chi connectivity index (χ0n) is 14.2. The van der Waals surface area contributed by atoms with Gasteiger partial charge in [0.05, 0.1) is 23.7 Å². The Morgan fingerprint density at radius 3 is 2.67 bits per heavy atom. The number of fused-ring (bicyclic) bond motifs is 1. The van der Waals surface area contributed by atoms with Crippen molar-refractivity contribution in [3.05, 3.63) is 35.8 Å². The van der Waals surface area contributed by atoms with Crippen LogP contribution in [0.3, 0.4) is 0 Å². The number of benzene rings is 1. The second kappa shape index (κ2) is 5.67. The molecule has 0 fully saturated rings. The molecule has 0 saturated heterocycles. The van der Waals surface area contributed by atoms with E-state index in [1.54, 1.807) is 6.07 Å². The van der Waals surface area contributed by atoms with Crippen molar-refractivity contribution in [2.75, 3.05) is 12.8 Å². The number of nitrogens with zero attached hydrogens (tertiary/aromatic N) is 4. The highest BCUT2D eigenvalue weighted by atomic mass is 16.5. The van der Waals surface area contributed by atoms with Gasteiger partial charge in [-0.3, -0.25) is 0 Å². The quantitative estimate of drug-likeness (QED) is 0.766. The largest absolute Gasteiger partial charge is 0.504 e. The van der Waals surface area contributed by atoms with Crippen molar-refractivity contribution < 1.29 is 9.84 Å². The van der Waals surface area contributed by atoms with Gasteiger partial charge >= 0.3 is 0 Å². The SMILES string of the molecule is COc1cccc(Cc2nn(C(C)(C)C)c3ncnc(N)c23)c1O. The molecule has 0 aliphatic rings. The Morgan fingerprint density at radius 1 is 1.25 bits per heavy atom. The van der Waals surface area contributed by atoms with Crippen LogP contribution in [0.1, 0.15) is 32.0 Å². The first-order chi connectivity index (χ1) is 11.3. The molecule has 126 valence electrons. The van der Waals surface area contributed by atoms with Gasteiger partial charge in [0.25, 0.3) is 0 Å². The number of phenols is 1. The first-order valence-corrected chi connectivity index (χ1v) is 7.66. The lowest BCUT2D eigenvalue weighted by Crippen LogP contribution is -2.23. The molecule has 3 aromatic rings. The summed E-state index contributed by atoms with van der Waals surface area (Å²) in [6, 6.07) is 5.37. The summed E-state index contributed by atoms with van der Waals surface area (Å²) in [6.07, 6.45) is 1.84. The van der Waals surface area contributed by atoms with Gasteiger partial charge < -0.3 is 15.6 Å². The summed E-state index contributed by atoms with van der Waals surface area (Å²) >= 11 is 0. The van der Waals surface area contributed by atoms with Gasteiger partial charge in [0, 0.05) is 12.0 Å². The average molecular weight is 327 g/mol. The number of ether oxygens (including phenoxy) is 1. The fraction of sp³-hybridized carbons (Fsp3) is 0.353. The zero-order valence-corrected chi connectivity index (χ0v) is 14.2. The molecule has 1 aromatic carbocycles. The number of hydrogen-bond donors (Lipinski definition) is 2. The van der Waals surface area contributed by atoms with Crippen LogP contribution in [0.5, 0.6) is 11.5 Å². The highest BCUT2D eigenvalue weighted by molar-refractivity contribution is 5.88. The smallest absolute Gasteiger partial charge is 0.164 e. The van der Waals surface area contributed by atoms with E-state index in [1.807, 2.05) is 37.6 Å². The molecule has 0 aliphatic heterocycles. The Balaban J connectivity index is 2.17. The molecular weight excluding hydrogens is 306 g/mol. The van der Waals surface area contributed by atoms with E-state index in [1.165, 1.54) is 13.4 Å². The molecule has 0 radical (unpaired) electrons. The lowest BCUT2D eigenvalue weighted by atomic mass is 10.1. The molecular formula is C17H21N5O2. The molecule has 3 N–H and O–H groups in total. The van der Waals surface area contributed by atoms with Gasteiger partial charge in [-0.15, -0.1) is 0 Å². The van der Waals surface area contributed by atoms with E-state index in [-0.39, 0.29) is 11.3 Å². The number of nitrogen functional groups attached to an aromatic ring is 1. The van der Waals surface area contributed by atoms with E-state index in [0.29, 0.717) is 29.2 Å². The van der Waals surface area contributed by atoms with Gasteiger partial charge in [-0.1, -0.05) is 12.1 Å². The number of hydrogen-bond acceptors (Lipinski definition) is 6. The van der Waals surface area contributed by atoms with Crippen molar-refractivity contribution >= 4 is 16.9 Å². The summed E-state index contributed by atoms with van der Waals surface area (Å²) in [6.45, 7) is 6.14. The summed E-state index contributed by atoms with van der Waals surface area (Å²) in [5.74, 6) is 0.915. The summed E-state index contributed by atoms with van der Waals surface area (Å²) in [5.41, 5.74) is 7.93. The maximum Gasteiger partial charge on any atom is 0.164 e. The monoisotopic (exact) mass is 327 g/mol. The predicted molar refractivity (Wildman–Crippen MR) is 92.2 cm³/mol. The van der Waals surface area contributed by atoms with Crippen LogP contribution in [0.25, 0.3) is 11.0 Å². The molecule has 0 atom stereocenters. The van der Waals surface area contributed by atoms with Crippen LogP contribution >= 0.6 is 0 Å². The molecule has 0 unspecified atom stereocenters. The number of anilines is 1. The molecule has 7 heteroatoms. The second-order valence-electron chi connectivity index (χ2n) is 6.63. The van der Waals surface area contributed by atoms with Gasteiger partial charge in [0.15, 0.2) is 17.1 Å². The van der Waals surface area contributed by atoms with E-state index in [9.17, 15) is 5.11 Å². The van der Waals surface area contributed by atoms with Gasteiger partial charge in [-0.05, 0) is 26.8 Å². The van der Waals surface area contributed by atoms with Gasteiger partial charge in [0.2, 0.25) is 0 Å². The van der Waals surface area contributed by atoms with Crippen LogP contribution in [-0.2, 0) is 12.0 Å². The molecule has 0 spiro atoms. The highest BCUT2D eigenvalue weighted by Crippen LogP contribution is 2.33. The molecule has 0 bridgehead atoms. The molecule has 7 nitrogen and oxygen atoms in total. The summed E-state index contributed by atoms with van der Waals surface area (Å²) in [4.78, 5) is 8.44. The third kappa shape index (κ3) is 2.62. The predicted octanol–water partition coefficient (Wildman–Crippen LogP) is 2.47. The minimum Gasteiger partial charge on any atom is -0.504 e. The van der Waals surface area contributed by atoms with Gasteiger partial charge in [-0.2, -0.15) is 5.10 Å². The third-order valence-corrected chi connectivity index (χ3v) is 3.86. The van der Waals surface area contributed by atoms with Crippen molar-refractivity contribution in [1.82, 2.24) is 19.7 Å². The number of nitrogens with two attached hydrogens (primary N) is 1. The normalized spacial score (nSPS) is 11.8. The van der Waals surface area contributed by atoms with E-state index >= 15 is 0 Å². The lowest BCUT2D eigenvalue weighted by Gasteiger charge is -2.19. The molecule has 0 aliphatic carbocycles. The number of para-hydroxylation sites is 1. The van der Waals surface area contributed by atoms with Crippen molar-refractivity contribution in [2.45, 2.75) is 32.7 Å². The average Bonchev–Trinajstić information content (AvgIpc) is 2.90. The summed E-state index contributed by atoms with van der Waals surface area (Å²) in [5, 5.41) is 15.7. The fourth-order valence-corrected chi connectivity index (χ4v) is 2.69. The van der Waals surface area contributed by atoms with E-state index in [4.69, 9.17) is 15.6 Å². The van der Waals surface area contributed by atoms with E-state index in [2.05, 4.69) is 9.97 Å². The third-order valence-electron chi connectivity index (χ3n) is 3.86. The second-order valence-corrected chi connectivity index (χ2v) is 6.63. The molecule has 2 heterocycles. The van der Waals surface area contributed by atoms with Crippen LogP contribution in [0.15, 0.2) is 24.5 Å². The topological polar surface area (TPSA) is 99.1 Å².